The van der Waals surface area contributed by atoms with Crippen LogP contribution in [-0.2, 0) is 9.59 Å². The molecule has 2 amide bonds. The van der Waals surface area contributed by atoms with Crippen LogP contribution in [0.4, 0.5) is 11.4 Å². The monoisotopic (exact) mass is 367 g/mol. The average molecular weight is 367 g/mol. The number of carbonyl (C=O) groups is 2. The molecule has 0 fully saturated rings. The SMILES string of the molecule is CC(=O)NNC(=S)/N=C/C(C(=O)Nc1ccc([NH+]([O-])O)cc1)=C(\C)O. The minimum Gasteiger partial charge on any atom is -0.595 e. The third kappa shape index (κ3) is 7.05. The van der Waals surface area contributed by atoms with Crippen molar-refractivity contribution in [2.45, 2.75) is 13.8 Å². The largest absolute Gasteiger partial charge is 0.595 e. The van der Waals surface area contributed by atoms with Gasteiger partial charge < -0.3 is 15.6 Å². The fourth-order valence-electron chi connectivity index (χ4n) is 1.51. The standard InChI is InChI=1S/C14H17N5O5S/c1-8(20)12(7-15-14(25)18-17-9(2)21)13(22)16-10-3-5-11(6-4-10)19(23)24/h3-7,19-20,23H,1-2H3,(H,16,22)(H,17,21)(H,18,25)/b12-8-,15-7+. The van der Waals surface area contributed by atoms with Crippen LogP contribution >= 0.6 is 12.2 Å². The second-order valence-electron chi connectivity index (χ2n) is 4.71. The van der Waals surface area contributed by atoms with Crippen molar-refractivity contribution in [3.63, 3.8) is 0 Å². The Hall–Kier alpha value is -2.86. The van der Waals surface area contributed by atoms with E-state index in [-0.39, 0.29) is 28.0 Å². The third-order valence-corrected chi connectivity index (χ3v) is 2.89. The number of aliphatic imine (C=N–C) groups is 1. The lowest BCUT2D eigenvalue weighted by atomic mass is 10.2. The van der Waals surface area contributed by atoms with Crippen LogP contribution in [0.2, 0.25) is 0 Å². The van der Waals surface area contributed by atoms with Crippen molar-refractivity contribution in [1.82, 2.24) is 10.9 Å². The molecule has 0 aromatic heterocycles. The van der Waals surface area contributed by atoms with Gasteiger partial charge in [0, 0.05) is 31.0 Å². The summed E-state index contributed by atoms with van der Waals surface area (Å²) in [5.74, 6) is -1.35. The number of quaternary nitrogens is 1. The quantitative estimate of drug-likeness (QED) is 0.142. The molecule has 1 atom stereocenters. The first kappa shape index (κ1) is 20.2. The van der Waals surface area contributed by atoms with Crippen LogP contribution in [0.1, 0.15) is 13.8 Å². The first-order chi connectivity index (χ1) is 11.7. The fraction of sp³-hybridized carbons (Fsp3) is 0.143. The van der Waals surface area contributed by atoms with Crippen molar-refractivity contribution >= 4 is 46.7 Å². The molecule has 0 radical (unpaired) electrons. The highest BCUT2D eigenvalue weighted by atomic mass is 32.1. The lowest BCUT2D eigenvalue weighted by Gasteiger charge is -2.12. The second-order valence-corrected chi connectivity index (χ2v) is 5.09. The van der Waals surface area contributed by atoms with E-state index < -0.39 is 11.1 Å². The van der Waals surface area contributed by atoms with Crippen LogP contribution < -0.4 is 21.4 Å². The Kier molecular flexibility index (Phi) is 7.62. The molecule has 0 saturated heterocycles. The molecule has 1 rings (SSSR count). The van der Waals surface area contributed by atoms with Crippen molar-refractivity contribution in [3.05, 3.63) is 40.8 Å². The van der Waals surface area contributed by atoms with Crippen molar-refractivity contribution in [3.8, 4) is 0 Å². The zero-order valence-electron chi connectivity index (χ0n) is 13.4. The maximum atomic E-state index is 12.2. The number of benzene rings is 1. The highest BCUT2D eigenvalue weighted by molar-refractivity contribution is 7.80. The number of hydrogen-bond acceptors (Lipinski definition) is 6. The number of carbonyl (C=O) groups excluding carboxylic acids is 2. The summed E-state index contributed by atoms with van der Waals surface area (Å²) in [6.45, 7) is 2.56. The number of amides is 2. The topological polar surface area (TPSA) is 151 Å². The number of aliphatic hydroxyl groups is 1. The van der Waals surface area contributed by atoms with Gasteiger partial charge in [0.25, 0.3) is 5.91 Å². The molecule has 0 saturated carbocycles. The van der Waals surface area contributed by atoms with Gasteiger partial charge in [-0.1, -0.05) is 0 Å². The van der Waals surface area contributed by atoms with Gasteiger partial charge in [-0.2, -0.15) is 5.23 Å². The smallest absolute Gasteiger partial charge is 0.260 e. The zero-order chi connectivity index (χ0) is 19.0. The molecule has 1 aromatic carbocycles. The molecule has 25 heavy (non-hydrogen) atoms. The van der Waals surface area contributed by atoms with Gasteiger partial charge in [-0.05, 0) is 31.3 Å². The van der Waals surface area contributed by atoms with E-state index in [9.17, 15) is 19.9 Å². The molecule has 0 aliphatic rings. The maximum Gasteiger partial charge on any atom is 0.260 e. The molecule has 1 aromatic rings. The molecular weight excluding hydrogens is 350 g/mol. The second kappa shape index (κ2) is 9.44. The van der Waals surface area contributed by atoms with Crippen LogP contribution in [0.5, 0.6) is 0 Å². The summed E-state index contributed by atoms with van der Waals surface area (Å²) >= 11 is 4.82. The molecule has 6 N–H and O–H groups in total. The summed E-state index contributed by atoms with van der Waals surface area (Å²) in [5, 5.41) is 30.5. The lowest BCUT2D eigenvalue weighted by Crippen LogP contribution is -2.99. The van der Waals surface area contributed by atoms with Crippen LogP contribution in [0.3, 0.4) is 0 Å². The minimum atomic E-state index is -1.09. The molecule has 0 heterocycles. The maximum absolute atomic E-state index is 12.2. The minimum absolute atomic E-state index is 0.0723. The highest BCUT2D eigenvalue weighted by Gasteiger charge is 2.12. The number of hydrazine groups is 1. The van der Waals surface area contributed by atoms with E-state index in [0.717, 1.165) is 6.21 Å². The first-order valence-corrected chi connectivity index (χ1v) is 7.26. The first-order valence-electron chi connectivity index (χ1n) is 6.86. The zero-order valence-corrected chi connectivity index (χ0v) is 14.2. The molecule has 11 heteroatoms. The summed E-state index contributed by atoms with van der Waals surface area (Å²) in [6, 6.07) is 5.47. The van der Waals surface area contributed by atoms with E-state index in [1.54, 1.807) is 0 Å². The molecule has 10 nitrogen and oxygen atoms in total. The Morgan fingerprint density at radius 1 is 1.24 bits per heavy atom. The number of anilines is 1. The number of thiocarbonyl (C=S) groups is 1. The molecule has 0 aliphatic heterocycles. The number of nitrogens with zero attached hydrogens (tertiary/aromatic N) is 1. The van der Waals surface area contributed by atoms with E-state index in [4.69, 9.17) is 17.4 Å². The Labute approximate surface area is 148 Å². The number of hydrogen-bond donors (Lipinski definition) is 6. The van der Waals surface area contributed by atoms with Gasteiger partial charge >= 0.3 is 0 Å². The molecular formula is C14H17N5O5S. The van der Waals surface area contributed by atoms with E-state index in [0.29, 0.717) is 5.69 Å². The van der Waals surface area contributed by atoms with Gasteiger partial charge in [0.1, 0.15) is 5.76 Å². The van der Waals surface area contributed by atoms with Crippen molar-refractivity contribution in [1.29, 1.82) is 0 Å². The normalized spacial score (nSPS) is 13.0. The molecule has 0 bridgehead atoms. The third-order valence-electron chi connectivity index (χ3n) is 2.68. The van der Waals surface area contributed by atoms with Gasteiger partial charge in [0.15, 0.2) is 5.69 Å². The fourth-order valence-corrected chi connectivity index (χ4v) is 1.61. The summed E-state index contributed by atoms with van der Waals surface area (Å²) in [7, 11) is 0. The summed E-state index contributed by atoms with van der Waals surface area (Å²) in [6.07, 6.45) is 1.04. The van der Waals surface area contributed by atoms with E-state index in [2.05, 4.69) is 21.2 Å². The average Bonchev–Trinajstić information content (AvgIpc) is 2.53. The van der Waals surface area contributed by atoms with Crippen molar-refractivity contribution in [2.24, 2.45) is 4.99 Å². The summed E-state index contributed by atoms with van der Waals surface area (Å²) in [4.78, 5) is 26.7. The van der Waals surface area contributed by atoms with Crippen molar-refractivity contribution in [2.75, 3.05) is 5.32 Å². The van der Waals surface area contributed by atoms with Crippen molar-refractivity contribution < 1.29 is 25.1 Å². The predicted molar refractivity (Wildman–Crippen MR) is 94.2 cm³/mol. The Bertz CT molecular complexity index is 711. The highest BCUT2D eigenvalue weighted by Crippen LogP contribution is 2.12. The van der Waals surface area contributed by atoms with Crippen LogP contribution in [-0.4, -0.2) is 33.5 Å². The number of allylic oxidation sites excluding steroid dienone is 1. The van der Waals surface area contributed by atoms with E-state index >= 15 is 0 Å². The number of rotatable bonds is 4. The lowest BCUT2D eigenvalue weighted by molar-refractivity contribution is -0.991. The Morgan fingerprint density at radius 3 is 2.32 bits per heavy atom. The van der Waals surface area contributed by atoms with Gasteiger partial charge in [-0.15, -0.1) is 0 Å². The Balaban J connectivity index is 2.79. The van der Waals surface area contributed by atoms with E-state index in [1.165, 1.54) is 38.1 Å². The van der Waals surface area contributed by atoms with Crippen LogP contribution in [0.25, 0.3) is 0 Å². The van der Waals surface area contributed by atoms with Gasteiger partial charge in [0.2, 0.25) is 11.0 Å². The van der Waals surface area contributed by atoms with Crippen LogP contribution in [0.15, 0.2) is 40.6 Å². The number of nitrogens with one attached hydrogen (secondary N) is 4. The van der Waals surface area contributed by atoms with E-state index in [1.807, 2.05) is 0 Å². The summed E-state index contributed by atoms with van der Waals surface area (Å²) < 4.78 is 0. The van der Waals surface area contributed by atoms with Gasteiger partial charge in [0.05, 0.1) is 5.57 Å². The predicted octanol–water partition coefficient (Wildman–Crippen LogP) is -0.143. The van der Waals surface area contributed by atoms with Gasteiger partial charge in [-0.3, -0.25) is 20.4 Å². The molecule has 1 unspecified atom stereocenters. The Morgan fingerprint density at radius 2 is 1.84 bits per heavy atom. The molecule has 0 aliphatic carbocycles. The van der Waals surface area contributed by atoms with Gasteiger partial charge in [-0.25, -0.2) is 10.2 Å². The van der Waals surface area contributed by atoms with Crippen LogP contribution in [0, 0.1) is 5.21 Å². The number of aliphatic hydroxyl groups excluding tert-OH is 1. The molecule has 0 spiro atoms. The molecule has 134 valence electrons. The summed E-state index contributed by atoms with van der Waals surface area (Å²) in [5.41, 5.74) is 4.78.